The molecule has 0 saturated carbocycles. The summed E-state index contributed by atoms with van der Waals surface area (Å²) in [6, 6.07) is 0. The third-order valence-electron chi connectivity index (χ3n) is 8.43. The molecule has 0 bridgehead atoms. The second-order valence-corrected chi connectivity index (χ2v) is 13.9. The number of hydrogen-bond acceptors (Lipinski definition) is 6. The van der Waals surface area contributed by atoms with Gasteiger partial charge in [-0.25, -0.2) is 0 Å². The molecular formula is C53H78O6. The van der Waals surface area contributed by atoms with Crippen molar-refractivity contribution in [2.75, 3.05) is 13.2 Å². The predicted octanol–water partition coefficient (Wildman–Crippen LogP) is 14.5. The lowest BCUT2D eigenvalue weighted by molar-refractivity contribution is -0.166. The van der Waals surface area contributed by atoms with E-state index in [1.807, 2.05) is 30.4 Å². The Kier molecular flexibility index (Phi) is 42.3. The normalized spacial score (nSPS) is 13.5. The molecule has 0 spiro atoms. The van der Waals surface area contributed by atoms with Crippen molar-refractivity contribution in [3.8, 4) is 0 Å². The first-order valence-corrected chi connectivity index (χ1v) is 22.4. The van der Waals surface area contributed by atoms with Crippen LogP contribution in [0.2, 0.25) is 0 Å². The van der Waals surface area contributed by atoms with Gasteiger partial charge in [0.15, 0.2) is 6.10 Å². The van der Waals surface area contributed by atoms with Crippen molar-refractivity contribution in [1.29, 1.82) is 0 Å². The van der Waals surface area contributed by atoms with E-state index in [1.165, 1.54) is 0 Å². The van der Waals surface area contributed by atoms with Gasteiger partial charge in [-0.05, 0) is 89.9 Å². The van der Waals surface area contributed by atoms with E-state index in [2.05, 4.69) is 130 Å². The van der Waals surface area contributed by atoms with E-state index in [-0.39, 0.29) is 38.4 Å². The number of esters is 3. The third-order valence-corrected chi connectivity index (χ3v) is 8.43. The highest BCUT2D eigenvalue weighted by atomic mass is 16.6. The molecule has 6 heteroatoms. The Morgan fingerprint density at radius 1 is 0.373 bits per heavy atom. The van der Waals surface area contributed by atoms with E-state index in [4.69, 9.17) is 14.2 Å². The number of carbonyl (C=O) groups is 3. The summed E-state index contributed by atoms with van der Waals surface area (Å²) >= 11 is 0. The molecule has 0 aromatic rings. The minimum atomic E-state index is -0.859. The van der Waals surface area contributed by atoms with Gasteiger partial charge in [-0.2, -0.15) is 0 Å². The minimum Gasteiger partial charge on any atom is -0.462 e. The molecule has 0 radical (unpaired) electrons. The average Bonchev–Trinajstić information content (AvgIpc) is 3.23. The van der Waals surface area contributed by atoms with Crippen LogP contribution in [0, 0.1) is 0 Å². The summed E-state index contributed by atoms with van der Waals surface area (Å²) in [4.78, 5) is 37.6. The van der Waals surface area contributed by atoms with E-state index in [0.29, 0.717) is 12.8 Å². The van der Waals surface area contributed by atoms with Crippen molar-refractivity contribution in [1.82, 2.24) is 0 Å². The predicted molar refractivity (Wildman–Crippen MR) is 251 cm³/mol. The molecule has 1 atom stereocenters. The highest BCUT2D eigenvalue weighted by Gasteiger charge is 2.19. The molecule has 0 rings (SSSR count). The first kappa shape index (κ1) is 54.3. The Morgan fingerprint density at radius 2 is 0.797 bits per heavy atom. The van der Waals surface area contributed by atoms with Crippen molar-refractivity contribution >= 4 is 17.9 Å². The summed E-state index contributed by atoms with van der Waals surface area (Å²) in [5, 5.41) is 0. The Hall–Kier alpha value is -4.71. The van der Waals surface area contributed by atoms with Gasteiger partial charge in [0.2, 0.25) is 0 Å². The van der Waals surface area contributed by atoms with E-state index < -0.39 is 18.0 Å². The van der Waals surface area contributed by atoms with Crippen LogP contribution in [0.5, 0.6) is 0 Å². The summed E-state index contributed by atoms with van der Waals surface area (Å²) in [6.07, 6.45) is 65.9. The number of rotatable bonds is 37. The molecule has 0 heterocycles. The van der Waals surface area contributed by atoms with Crippen LogP contribution in [0.15, 0.2) is 146 Å². The van der Waals surface area contributed by atoms with Crippen LogP contribution in [-0.2, 0) is 28.6 Å². The second kappa shape index (κ2) is 46.0. The molecule has 0 N–H and O–H groups in total. The summed E-state index contributed by atoms with van der Waals surface area (Å²) in [6.45, 7) is 6.04. The number of ether oxygens (including phenoxy) is 3. The van der Waals surface area contributed by atoms with Crippen LogP contribution >= 0.6 is 0 Å². The van der Waals surface area contributed by atoms with Crippen molar-refractivity contribution in [2.24, 2.45) is 0 Å². The maximum Gasteiger partial charge on any atom is 0.309 e. The van der Waals surface area contributed by atoms with Crippen LogP contribution in [0.25, 0.3) is 0 Å². The molecule has 0 aliphatic heterocycles. The highest BCUT2D eigenvalue weighted by Crippen LogP contribution is 2.10. The van der Waals surface area contributed by atoms with Crippen LogP contribution in [-0.4, -0.2) is 37.2 Å². The van der Waals surface area contributed by atoms with Crippen molar-refractivity contribution in [2.45, 2.75) is 155 Å². The van der Waals surface area contributed by atoms with Gasteiger partial charge in [0, 0.05) is 12.8 Å². The summed E-state index contributed by atoms with van der Waals surface area (Å²) in [5.41, 5.74) is 0. The van der Waals surface area contributed by atoms with Gasteiger partial charge in [0.05, 0.1) is 6.42 Å². The summed E-state index contributed by atoms with van der Waals surface area (Å²) in [5.74, 6) is -1.20. The van der Waals surface area contributed by atoms with Crippen molar-refractivity contribution in [3.05, 3.63) is 146 Å². The molecule has 0 aliphatic carbocycles. The fraction of sp³-hybridized carbons (Fsp3) is 0.491. The lowest BCUT2D eigenvalue weighted by Gasteiger charge is -2.18. The zero-order valence-corrected chi connectivity index (χ0v) is 36.9. The molecule has 59 heavy (non-hydrogen) atoms. The monoisotopic (exact) mass is 811 g/mol. The molecule has 0 aromatic heterocycles. The molecule has 0 fully saturated rings. The lowest BCUT2D eigenvalue weighted by atomic mass is 10.1. The summed E-state index contributed by atoms with van der Waals surface area (Å²) < 4.78 is 16.5. The van der Waals surface area contributed by atoms with E-state index >= 15 is 0 Å². The number of allylic oxidation sites excluding steroid dienone is 23. The number of carbonyl (C=O) groups excluding carboxylic acids is 3. The van der Waals surface area contributed by atoms with Gasteiger partial charge < -0.3 is 14.2 Å². The number of hydrogen-bond donors (Lipinski definition) is 0. The Morgan fingerprint density at radius 3 is 1.32 bits per heavy atom. The standard InChI is InChI=1S/C53H78O6/c1-4-7-10-13-16-19-21-23-24-25-26-27-28-30-31-34-37-40-43-46-52(55)58-49-50(48-57-51(54)45-42-39-36-33-18-15-12-9-6-3)59-53(56)47-44-41-38-35-32-29-22-20-17-14-11-8-5-2/h7-12,14,16-20,22-24,26-27,30-31,33,37,39-40,42,50H,4-6,13,15,21,25,28-29,32,34-36,38,41,43-49H2,1-3H3/b10-7-,11-8-,12-9-,17-14-,19-16-,22-20-,24-23-,27-26-,31-30-,33-18-,40-37-,42-39-. The van der Waals surface area contributed by atoms with Crippen molar-refractivity contribution in [3.63, 3.8) is 0 Å². The molecular weight excluding hydrogens is 733 g/mol. The zero-order chi connectivity index (χ0) is 43.0. The average molecular weight is 811 g/mol. The van der Waals surface area contributed by atoms with Crippen LogP contribution in [0.4, 0.5) is 0 Å². The van der Waals surface area contributed by atoms with Gasteiger partial charge in [0.1, 0.15) is 13.2 Å². The van der Waals surface area contributed by atoms with Gasteiger partial charge in [0.25, 0.3) is 0 Å². The highest BCUT2D eigenvalue weighted by molar-refractivity contribution is 5.72. The largest absolute Gasteiger partial charge is 0.462 e. The maximum atomic E-state index is 12.7. The molecule has 0 saturated heterocycles. The van der Waals surface area contributed by atoms with Crippen LogP contribution < -0.4 is 0 Å². The number of unbranched alkanes of at least 4 members (excludes halogenated alkanes) is 5. The van der Waals surface area contributed by atoms with E-state index in [1.54, 1.807) is 6.08 Å². The van der Waals surface area contributed by atoms with Gasteiger partial charge in [-0.1, -0.05) is 186 Å². The van der Waals surface area contributed by atoms with Crippen LogP contribution in [0.3, 0.4) is 0 Å². The van der Waals surface area contributed by atoms with Crippen LogP contribution in [0.1, 0.15) is 149 Å². The molecule has 326 valence electrons. The molecule has 0 amide bonds. The van der Waals surface area contributed by atoms with E-state index in [0.717, 1.165) is 96.3 Å². The fourth-order valence-electron chi connectivity index (χ4n) is 5.17. The zero-order valence-electron chi connectivity index (χ0n) is 36.9. The van der Waals surface area contributed by atoms with Gasteiger partial charge in [-0.3, -0.25) is 14.4 Å². The van der Waals surface area contributed by atoms with Gasteiger partial charge >= 0.3 is 17.9 Å². The SMILES string of the molecule is CC\C=C/C=C\C=C/CCCCCCCC(=O)OC(COC(=O)C/C=C\C/C=C\C/C=C\CC)COC(=O)CC/C=C\C/C=C\C/C=C\C/C=C\C/C=C\C/C=C\CC. The van der Waals surface area contributed by atoms with Gasteiger partial charge in [-0.15, -0.1) is 0 Å². The Labute approximate surface area is 359 Å². The lowest BCUT2D eigenvalue weighted by Crippen LogP contribution is -2.30. The Bertz CT molecular complexity index is 1390. The van der Waals surface area contributed by atoms with Crippen molar-refractivity contribution < 1.29 is 28.6 Å². The summed E-state index contributed by atoms with van der Waals surface area (Å²) in [7, 11) is 0. The molecule has 0 aliphatic rings. The molecule has 0 aromatic carbocycles. The Balaban J connectivity index is 4.59. The second-order valence-electron chi connectivity index (χ2n) is 13.9. The fourth-order valence-corrected chi connectivity index (χ4v) is 5.17. The molecule has 6 nitrogen and oxygen atoms in total. The van der Waals surface area contributed by atoms with E-state index in [9.17, 15) is 14.4 Å². The topological polar surface area (TPSA) is 78.9 Å². The maximum absolute atomic E-state index is 12.7. The third kappa shape index (κ3) is 44.2. The first-order valence-electron chi connectivity index (χ1n) is 22.4. The minimum absolute atomic E-state index is 0.110. The first-order chi connectivity index (χ1) is 29.0. The molecule has 1 unspecified atom stereocenters. The smallest absolute Gasteiger partial charge is 0.309 e. The quantitative estimate of drug-likeness (QED) is 0.0204.